The van der Waals surface area contributed by atoms with Gasteiger partial charge >= 0.3 is 5.97 Å². The van der Waals surface area contributed by atoms with Crippen LogP contribution < -0.4 is 14.2 Å². The molecular weight excluding hydrogens is 456 g/mol. The molecular formula is C30H36O6. The van der Waals surface area contributed by atoms with Gasteiger partial charge in [0.05, 0.1) is 20.8 Å². The van der Waals surface area contributed by atoms with Gasteiger partial charge in [0.2, 0.25) is 0 Å². The first-order valence-corrected chi connectivity index (χ1v) is 12.4. The van der Waals surface area contributed by atoms with E-state index in [2.05, 4.69) is 13.0 Å². The molecule has 192 valence electrons. The van der Waals surface area contributed by atoms with E-state index in [1.807, 2.05) is 49.4 Å². The molecule has 0 heterocycles. The van der Waals surface area contributed by atoms with E-state index in [-0.39, 0.29) is 23.8 Å². The fourth-order valence-electron chi connectivity index (χ4n) is 4.23. The molecule has 1 atom stereocenters. The highest BCUT2D eigenvalue weighted by Crippen LogP contribution is 2.35. The van der Waals surface area contributed by atoms with Crippen LogP contribution >= 0.6 is 0 Å². The zero-order chi connectivity index (χ0) is 25.9. The number of rotatable bonds is 13. The predicted octanol–water partition coefficient (Wildman–Crippen LogP) is 6.68. The summed E-state index contributed by atoms with van der Waals surface area (Å²) in [7, 11) is 3.26. The van der Waals surface area contributed by atoms with Crippen molar-refractivity contribution in [3.05, 3.63) is 82.9 Å². The van der Waals surface area contributed by atoms with Gasteiger partial charge in [0.25, 0.3) is 0 Å². The van der Waals surface area contributed by atoms with Gasteiger partial charge in [-0.2, -0.15) is 0 Å². The Bertz CT molecular complexity index is 1130. The molecule has 3 aromatic rings. The number of hydrogen-bond donors (Lipinski definition) is 1. The molecule has 36 heavy (non-hydrogen) atoms. The molecule has 0 aromatic heterocycles. The Morgan fingerprint density at radius 3 is 2.31 bits per heavy atom. The number of phenols is 1. The molecule has 0 aliphatic heterocycles. The van der Waals surface area contributed by atoms with Gasteiger partial charge in [-0.1, -0.05) is 56.7 Å². The average molecular weight is 493 g/mol. The van der Waals surface area contributed by atoms with Crippen molar-refractivity contribution in [2.24, 2.45) is 0 Å². The van der Waals surface area contributed by atoms with Gasteiger partial charge in [-0.15, -0.1) is 0 Å². The van der Waals surface area contributed by atoms with E-state index >= 15 is 0 Å². The van der Waals surface area contributed by atoms with Gasteiger partial charge in [-0.3, -0.25) is 0 Å². The van der Waals surface area contributed by atoms with E-state index < -0.39 is 5.97 Å². The van der Waals surface area contributed by atoms with Crippen LogP contribution in [0.3, 0.4) is 0 Å². The largest absolute Gasteiger partial charge is 0.507 e. The number of carbonyl (C=O) groups is 1. The zero-order valence-electron chi connectivity index (χ0n) is 21.6. The smallest absolute Gasteiger partial charge is 0.342 e. The number of hydrogen-bond acceptors (Lipinski definition) is 6. The lowest BCUT2D eigenvalue weighted by Crippen LogP contribution is -2.09. The summed E-state index contributed by atoms with van der Waals surface area (Å²) in [6.07, 6.45) is 3.13. The van der Waals surface area contributed by atoms with Crippen molar-refractivity contribution in [1.29, 1.82) is 0 Å². The standard InChI is InChI=1S/C30H36O6/c1-5-10-24-26(16-14-25(29(24)31)30(32)36-20-21-11-8-7-9-12-21)35-18-17-22(6-2)23-13-15-27(33-3)28(19-23)34-4/h7-9,11-16,19,22,31H,5-6,10,17-18,20H2,1-4H3. The highest BCUT2D eigenvalue weighted by Gasteiger charge is 2.20. The third-order valence-corrected chi connectivity index (χ3v) is 6.27. The van der Waals surface area contributed by atoms with Crippen molar-refractivity contribution < 1.29 is 28.8 Å². The second kappa shape index (κ2) is 13.4. The molecule has 3 rings (SSSR count). The second-order valence-electron chi connectivity index (χ2n) is 8.61. The minimum absolute atomic E-state index is 0.0701. The Kier molecular flexibility index (Phi) is 10.0. The molecule has 0 spiro atoms. The van der Waals surface area contributed by atoms with Crippen molar-refractivity contribution in [3.8, 4) is 23.0 Å². The van der Waals surface area contributed by atoms with Crippen molar-refractivity contribution in [1.82, 2.24) is 0 Å². The first-order chi connectivity index (χ1) is 17.5. The fourth-order valence-corrected chi connectivity index (χ4v) is 4.23. The summed E-state index contributed by atoms with van der Waals surface area (Å²) < 4.78 is 22.3. The fraction of sp³-hybridized carbons (Fsp3) is 0.367. The van der Waals surface area contributed by atoms with Gasteiger partial charge in [0, 0.05) is 5.56 Å². The summed E-state index contributed by atoms with van der Waals surface area (Å²) in [5.74, 6) is 1.66. The summed E-state index contributed by atoms with van der Waals surface area (Å²) in [6.45, 7) is 4.79. The SMILES string of the molecule is CCCc1c(OCCC(CC)c2ccc(OC)c(OC)c2)ccc(C(=O)OCc2ccccc2)c1O. The summed E-state index contributed by atoms with van der Waals surface area (Å²) in [4.78, 5) is 12.7. The van der Waals surface area contributed by atoms with Crippen molar-refractivity contribution in [2.75, 3.05) is 20.8 Å². The van der Waals surface area contributed by atoms with Crippen LogP contribution in [0, 0.1) is 0 Å². The third kappa shape index (κ3) is 6.72. The van der Waals surface area contributed by atoms with Crippen LogP contribution in [0.4, 0.5) is 0 Å². The molecule has 6 nitrogen and oxygen atoms in total. The number of carbonyl (C=O) groups excluding carboxylic acids is 1. The van der Waals surface area contributed by atoms with Crippen LogP contribution in [-0.2, 0) is 17.8 Å². The molecule has 1 unspecified atom stereocenters. The molecule has 0 bridgehead atoms. The first kappa shape index (κ1) is 26.9. The van der Waals surface area contributed by atoms with E-state index in [4.69, 9.17) is 18.9 Å². The van der Waals surface area contributed by atoms with Crippen LogP contribution in [0.15, 0.2) is 60.7 Å². The van der Waals surface area contributed by atoms with Crippen LogP contribution in [0.1, 0.15) is 66.1 Å². The highest BCUT2D eigenvalue weighted by molar-refractivity contribution is 5.93. The van der Waals surface area contributed by atoms with E-state index in [0.717, 1.165) is 30.4 Å². The molecule has 0 aliphatic carbocycles. The molecule has 0 amide bonds. The number of aromatic hydroxyl groups is 1. The average Bonchev–Trinajstić information content (AvgIpc) is 2.91. The number of phenolic OH excluding ortho intramolecular Hbond substituents is 1. The molecule has 1 N–H and O–H groups in total. The monoisotopic (exact) mass is 492 g/mol. The second-order valence-corrected chi connectivity index (χ2v) is 8.61. The van der Waals surface area contributed by atoms with Crippen molar-refractivity contribution >= 4 is 5.97 Å². The summed E-state index contributed by atoms with van der Waals surface area (Å²) in [6, 6.07) is 18.8. The Morgan fingerprint density at radius 2 is 1.64 bits per heavy atom. The first-order valence-electron chi connectivity index (χ1n) is 12.4. The van der Waals surface area contributed by atoms with E-state index in [1.54, 1.807) is 26.4 Å². The van der Waals surface area contributed by atoms with Crippen molar-refractivity contribution in [2.45, 2.75) is 52.1 Å². The highest BCUT2D eigenvalue weighted by atomic mass is 16.5. The quantitative estimate of drug-likeness (QED) is 0.268. The molecule has 3 aromatic carbocycles. The van der Waals surface area contributed by atoms with E-state index in [0.29, 0.717) is 35.8 Å². The van der Waals surface area contributed by atoms with Crippen LogP contribution in [-0.4, -0.2) is 31.9 Å². The van der Waals surface area contributed by atoms with E-state index in [9.17, 15) is 9.90 Å². The molecule has 6 heteroatoms. The van der Waals surface area contributed by atoms with Crippen LogP contribution in [0.5, 0.6) is 23.0 Å². The minimum Gasteiger partial charge on any atom is -0.507 e. The molecule has 0 radical (unpaired) electrons. The number of benzene rings is 3. The Balaban J connectivity index is 1.68. The van der Waals surface area contributed by atoms with Gasteiger partial charge in [-0.05, 0) is 60.6 Å². The maximum Gasteiger partial charge on any atom is 0.342 e. The van der Waals surface area contributed by atoms with Crippen LogP contribution in [0.2, 0.25) is 0 Å². The minimum atomic E-state index is -0.556. The lowest BCUT2D eigenvalue weighted by atomic mass is 9.93. The normalized spacial score (nSPS) is 11.6. The lowest BCUT2D eigenvalue weighted by Gasteiger charge is -2.19. The maximum atomic E-state index is 12.7. The summed E-state index contributed by atoms with van der Waals surface area (Å²) in [5.41, 5.74) is 2.83. The Labute approximate surface area is 213 Å². The maximum absolute atomic E-state index is 12.7. The van der Waals surface area contributed by atoms with E-state index in [1.165, 1.54) is 0 Å². The molecule has 0 saturated carbocycles. The number of esters is 1. The Morgan fingerprint density at radius 1 is 0.917 bits per heavy atom. The summed E-state index contributed by atoms with van der Waals surface area (Å²) >= 11 is 0. The van der Waals surface area contributed by atoms with Gasteiger partial charge in [0.15, 0.2) is 11.5 Å². The molecule has 0 saturated heterocycles. The van der Waals surface area contributed by atoms with Gasteiger partial charge in [-0.25, -0.2) is 4.79 Å². The molecule has 0 aliphatic rings. The topological polar surface area (TPSA) is 74.2 Å². The number of methoxy groups -OCH3 is 2. The van der Waals surface area contributed by atoms with Crippen LogP contribution in [0.25, 0.3) is 0 Å². The molecule has 0 fully saturated rings. The zero-order valence-corrected chi connectivity index (χ0v) is 21.6. The summed E-state index contributed by atoms with van der Waals surface area (Å²) in [5, 5.41) is 10.9. The van der Waals surface area contributed by atoms with Gasteiger partial charge in [0.1, 0.15) is 23.7 Å². The predicted molar refractivity (Wildman–Crippen MR) is 140 cm³/mol. The van der Waals surface area contributed by atoms with Gasteiger partial charge < -0.3 is 24.1 Å². The lowest BCUT2D eigenvalue weighted by molar-refractivity contribution is 0.0469. The number of ether oxygens (including phenoxy) is 4. The third-order valence-electron chi connectivity index (χ3n) is 6.27. The Hall–Kier alpha value is -3.67. The van der Waals surface area contributed by atoms with Crippen molar-refractivity contribution in [3.63, 3.8) is 0 Å².